The maximum Gasteiger partial charge on any atom is 0.238 e. The molecule has 0 aliphatic rings. The Balaban J connectivity index is 2.07. The van der Waals surface area contributed by atoms with Crippen molar-refractivity contribution in [2.75, 3.05) is 5.43 Å². The van der Waals surface area contributed by atoms with Crippen molar-refractivity contribution in [3.63, 3.8) is 0 Å². The molecule has 0 unspecified atom stereocenters. The van der Waals surface area contributed by atoms with Crippen molar-refractivity contribution >= 4 is 28.6 Å². The molecule has 0 aliphatic heterocycles. The molecular formula is C15H14N4S. The van der Waals surface area contributed by atoms with Crippen molar-refractivity contribution in [2.45, 2.75) is 16.8 Å². The molecule has 3 N–H and O–H groups in total. The number of nitrogens with one attached hydrogen (secondary N) is 1. The summed E-state index contributed by atoms with van der Waals surface area (Å²) in [6, 6.07) is 16.3. The van der Waals surface area contributed by atoms with Gasteiger partial charge in [0.15, 0.2) is 0 Å². The summed E-state index contributed by atoms with van der Waals surface area (Å²) < 4.78 is 0. The smallest absolute Gasteiger partial charge is 0.238 e. The van der Waals surface area contributed by atoms with Gasteiger partial charge in [0.25, 0.3) is 0 Å². The third-order valence-corrected chi connectivity index (χ3v) is 3.95. The Morgan fingerprint density at radius 1 is 1.00 bits per heavy atom. The first-order chi connectivity index (χ1) is 9.76. The van der Waals surface area contributed by atoms with Gasteiger partial charge in [-0.3, -0.25) is 5.43 Å². The number of fused-ring (bicyclic) bond motifs is 1. The van der Waals surface area contributed by atoms with Crippen molar-refractivity contribution in [3.8, 4) is 0 Å². The van der Waals surface area contributed by atoms with E-state index in [1.807, 2.05) is 24.3 Å². The van der Waals surface area contributed by atoms with Gasteiger partial charge < -0.3 is 0 Å². The number of rotatable bonds is 3. The molecule has 0 saturated heterocycles. The molecule has 4 nitrogen and oxygen atoms in total. The van der Waals surface area contributed by atoms with Crippen LogP contribution in [0.1, 0.15) is 5.56 Å². The van der Waals surface area contributed by atoms with Crippen LogP contribution in [0.3, 0.4) is 0 Å². The van der Waals surface area contributed by atoms with Gasteiger partial charge in [-0.15, -0.1) is 0 Å². The van der Waals surface area contributed by atoms with Crippen molar-refractivity contribution in [1.29, 1.82) is 0 Å². The molecule has 0 atom stereocenters. The molecule has 20 heavy (non-hydrogen) atoms. The molecule has 100 valence electrons. The van der Waals surface area contributed by atoms with Crippen molar-refractivity contribution < 1.29 is 0 Å². The van der Waals surface area contributed by atoms with E-state index in [-0.39, 0.29) is 0 Å². The maximum atomic E-state index is 5.44. The summed E-state index contributed by atoms with van der Waals surface area (Å²) in [4.78, 5) is 9.94. The standard InChI is InChI=1S/C15H14N4S/c1-10-6-8-11(9-7-10)20-14-12-4-2-3-5-13(12)17-15(18-14)19-16/h2-9H,16H2,1H3,(H,17,18,19). The van der Waals surface area contributed by atoms with Crippen LogP contribution >= 0.6 is 11.8 Å². The highest BCUT2D eigenvalue weighted by atomic mass is 32.2. The van der Waals surface area contributed by atoms with E-state index in [1.54, 1.807) is 11.8 Å². The second-order valence-electron chi connectivity index (χ2n) is 4.43. The van der Waals surface area contributed by atoms with Crippen molar-refractivity contribution in [2.24, 2.45) is 5.84 Å². The van der Waals surface area contributed by atoms with E-state index in [4.69, 9.17) is 5.84 Å². The molecule has 0 fully saturated rings. The van der Waals surface area contributed by atoms with Crippen LogP contribution in [0.15, 0.2) is 58.5 Å². The topological polar surface area (TPSA) is 63.8 Å². The largest absolute Gasteiger partial charge is 0.292 e. The van der Waals surface area contributed by atoms with Gasteiger partial charge in [-0.05, 0) is 25.1 Å². The van der Waals surface area contributed by atoms with Gasteiger partial charge in [0.1, 0.15) is 5.03 Å². The summed E-state index contributed by atoms with van der Waals surface area (Å²) in [7, 11) is 0. The summed E-state index contributed by atoms with van der Waals surface area (Å²) >= 11 is 1.61. The number of benzene rings is 2. The molecule has 1 aromatic heterocycles. The summed E-state index contributed by atoms with van der Waals surface area (Å²) in [5.41, 5.74) is 4.64. The number of nitrogens with zero attached hydrogens (tertiary/aromatic N) is 2. The van der Waals surface area contributed by atoms with Crippen molar-refractivity contribution in [1.82, 2.24) is 9.97 Å². The molecule has 0 bridgehead atoms. The Kier molecular flexibility index (Phi) is 3.54. The Morgan fingerprint density at radius 2 is 1.75 bits per heavy atom. The zero-order valence-corrected chi connectivity index (χ0v) is 11.8. The Labute approximate surface area is 121 Å². The number of hydrogen-bond donors (Lipinski definition) is 2. The van der Waals surface area contributed by atoms with Gasteiger partial charge in [-0.25, -0.2) is 15.8 Å². The predicted octanol–water partition coefficient (Wildman–Crippen LogP) is 3.38. The van der Waals surface area contributed by atoms with Gasteiger partial charge >= 0.3 is 0 Å². The lowest BCUT2D eigenvalue weighted by atomic mass is 10.2. The van der Waals surface area contributed by atoms with Gasteiger partial charge in [-0.1, -0.05) is 47.7 Å². The third kappa shape index (κ3) is 2.59. The fourth-order valence-electron chi connectivity index (χ4n) is 1.91. The summed E-state index contributed by atoms with van der Waals surface area (Å²) in [6.45, 7) is 2.07. The molecule has 0 spiro atoms. The first-order valence-corrected chi connectivity index (χ1v) is 7.06. The lowest BCUT2D eigenvalue weighted by Gasteiger charge is -2.08. The fraction of sp³-hybridized carbons (Fsp3) is 0.0667. The maximum absolute atomic E-state index is 5.44. The van der Waals surface area contributed by atoms with Crippen LogP contribution in [0.2, 0.25) is 0 Å². The monoisotopic (exact) mass is 282 g/mol. The van der Waals surface area contributed by atoms with E-state index in [1.165, 1.54) is 5.56 Å². The summed E-state index contributed by atoms with van der Waals surface area (Å²) in [5.74, 6) is 5.87. The Hall–Kier alpha value is -2.11. The number of hydrogen-bond acceptors (Lipinski definition) is 5. The zero-order valence-electron chi connectivity index (χ0n) is 11.0. The Bertz CT molecular complexity index is 740. The number of nitrogens with two attached hydrogens (primary N) is 1. The van der Waals surface area contributed by atoms with E-state index >= 15 is 0 Å². The quantitative estimate of drug-likeness (QED) is 0.438. The second kappa shape index (κ2) is 5.48. The number of aryl methyl sites for hydroxylation is 1. The van der Waals surface area contributed by atoms with E-state index in [0.29, 0.717) is 5.95 Å². The van der Waals surface area contributed by atoms with Crippen LogP contribution in [0, 0.1) is 6.92 Å². The average Bonchev–Trinajstić information content (AvgIpc) is 2.49. The Morgan fingerprint density at radius 3 is 2.50 bits per heavy atom. The zero-order chi connectivity index (χ0) is 13.9. The lowest BCUT2D eigenvalue weighted by molar-refractivity contribution is 1.07. The van der Waals surface area contributed by atoms with E-state index in [0.717, 1.165) is 20.8 Å². The van der Waals surface area contributed by atoms with Crippen LogP contribution in [0.4, 0.5) is 5.95 Å². The number of hydrazine groups is 1. The molecule has 1 heterocycles. The van der Waals surface area contributed by atoms with Crippen molar-refractivity contribution in [3.05, 3.63) is 54.1 Å². The van der Waals surface area contributed by atoms with Crippen LogP contribution in [0.5, 0.6) is 0 Å². The van der Waals surface area contributed by atoms with Crippen LogP contribution in [-0.2, 0) is 0 Å². The minimum Gasteiger partial charge on any atom is -0.292 e. The first kappa shape index (κ1) is 12.9. The second-order valence-corrected chi connectivity index (χ2v) is 5.49. The molecule has 2 aromatic carbocycles. The van der Waals surface area contributed by atoms with Gasteiger partial charge in [0, 0.05) is 10.3 Å². The molecular weight excluding hydrogens is 268 g/mol. The summed E-state index contributed by atoms with van der Waals surface area (Å²) in [5, 5.41) is 1.92. The molecule has 0 aliphatic carbocycles. The molecule has 0 saturated carbocycles. The highest BCUT2D eigenvalue weighted by molar-refractivity contribution is 7.99. The molecule has 3 aromatic rings. The highest BCUT2D eigenvalue weighted by Crippen LogP contribution is 2.32. The number of nitrogen functional groups attached to an aromatic ring is 1. The number of aromatic nitrogens is 2. The van der Waals surface area contributed by atoms with Gasteiger partial charge in [-0.2, -0.15) is 0 Å². The van der Waals surface area contributed by atoms with Crippen LogP contribution in [0.25, 0.3) is 10.9 Å². The normalized spacial score (nSPS) is 10.7. The molecule has 5 heteroatoms. The van der Waals surface area contributed by atoms with Crippen LogP contribution < -0.4 is 11.3 Å². The first-order valence-electron chi connectivity index (χ1n) is 6.24. The molecule has 3 rings (SSSR count). The molecule has 0 amide bonds. The highest BCUT2D eigenvalue weighted by Gasteiger charge is 2.08. The lowest BCUT2D eigenvalue weighted by Crippen LogP contribution is -2.10. The predicted molar refractivity (Wildman–Crippen MR) is 82.7 cm³/mol. The third-order valence-electron chi connectivity index (χ3n) is 2.93. The van der Waals surface area contributed by atoms with Crippen LogP contribution in [-0.4, -0.2) is 9.97 Å². The number of anilines is 1. The molecule has 0 radical (unpaired) electrons. The van der Waals surface area contributed by atoms with E-state index in [2.05, 4.69) is 46.6 Å². The minimum atomic E-state index is 0.429. The van der Waals surface area contributed by atoms with Gasteiger partial charge in [0.05, 0.1) is 5.52 Å². The minimum absolute atomic E-state index is 0.429. The number of para-hydroxylation sites is 1. The van der Waals surface area contributed by atoms with Gasteiger partial charge in [0.2, 0.25) is 5.95 Å². The summed E-state index contributed by atoms with van der Waals surface area (Å²) in [6.07, 6.45) is 0. The van der Waals surface area contributed by atoms with E-state index in [9.17, 15) is 0 Å². The van der Waals surface area contributed by atoms with E-state index < -0.39 is 0 Å². The fourth-order valence-corrected chi connectivity index (χ4v) is 2.82. The SMILES string of the molecule is Cc1ccc(Sc2nc(NN)nc3ccccc23)cc1. The average molecular weight is 282 g/mol.